The van der Waals surface area contributed by atoms with Crippen molar-refractivity contribution in [2.24, 2.45) is 16.8 Å². The minimum atomic E-state index is -0.139. The van der Waals surface area contributed by atoms with Crippen LogP contribution < -0.4 is 10.2 Å². The van der Waals surface area contributed by atoms with Gasteiger partial charge in [-0.05, 0) is 178 Å². The van der Waals surface area contributed by atoms with Crippen molar-refractivity contribution in [3.05, 3.63) is 104 Å². The third-order valence-electron chi connectivity index (χ3n) is 13.0. The van der Waals surface area contributed by atoms with E-state index in [0.717, 1.165) is 94.6 Å². The number of terminal acetylenes is 2. The number of halogens is 2. The molecule has 4 atom stereocenters. The maximum atomic E-state index is 12.7. The van der Waals surface area contributed by atoms with Crippen LogP contribution in [0, 0.1) is 289 Å². The van der Waals surface area contributed by atoms with Crippen molar-refractivity contribution in [2.75, 3.05) is 37.7 Å². The summed E-state index contributed by atoms with van der Waals surface area (Å²) >= 11 is 12.2. The molecule has 4 unspecified atom stereocenters. The van der Waals surface area contributed by atoms with E-state index in [1.165, 1.54) is 11.1 Å². The average Bonchev–Trinajstić information content (AvgIpc) is 1.62. The Bertz CT molecular complexity index is 5050. The second kappa shape index (κ2) is 56.9. The highest BCUT2D eigenvalue weighted by Crippen LogP contribution is 2.86. The Kier molecular flexibility index (Phi) is 49.1. The zero-order valence-electron chi connectivity index (χ0n) is 59.0. The molecule has 8 heterocycles. The molecule has 106 heavy (non-hydrogen) atoms. The molecule has 0 spiro atoms. The van der Waals surface area contributed by atoms with Gasteiger partial charge in [-0.15, -0.1) is 65.9 Å². The molecule has 8 rings (SSSR count). The molecular weight excluding hydrogens is 1480 g/mol. The number of aliphatic imine (C=N–C) groups is 1. The number of nitrogens with zero attached hydrogens (tertiary/aromatic N) is 7. The highest BCUT2D eigenvalue weighted by Gasteiger charge is 2.34. The zero-order chi connectivity index (χ0) is 76.7. The summed E-state index contributed by atoms with van der Waals surface area (Å²) in [7, 11) is 11.2. The smallest absolute Gasteiger partial charge is 0.306 e. The highest BCUT2D eigenvalue weighted by molar-refractivity contribution is 8.92. The van der Waals surface area contributed by atoms with Crippen LogP contribution in [0.25, 0.3) is 0 Å². The van der Waals surface area contributed by atoms with Crippen molar-refractivity contribution in [3.8, 4) is 250 Å². The molecule has 0 bridgehead atoms. The molecule has 0 aromatic carbocycles. The van der Waals surface area contributed by atoms with Crippen LogP contribution in [0.15, 0.2) is 53.6 Å². The molecule has 3 aromatic rings. The number of nitrogens with one attached hydrogen (secondary N) is 1. The number of ether oxygens (including phenoxy) is 1. The summed E-state index contributed by atoms with van der Waals surface area (Å²) in [6.07, 6.45) is 22.9. The number of likely N-dealkylation sites (tertiary alicyclic amines) is 1. The topological polar surface area (TPSA) is 116 Å². The average molecular weight is 1550 g/mol. The van der Waals surface area contributed by atoms with Gasteiger partial charge in [-0.1, -0.05) is 35.6 Å². The SMILES string of the molecule is C.C#CC#CC#CC#CC#CC#CC#CC#CC#CC#CC#CC#CC#CC#CC#CC#CC#CC#CC#CC#CC#C.CCOC(=O)CC1CN(C2=CN=[C+]C=C2)C1.Cc1nc2c(c(C)c1Cl)CN(C(=O)CC1CN(c3cccnc3)C1)C2.Cc1nc2c(c(C)c1Cl)CNC2.PP(P)P(P)P.[CH3][Al]([CH3])[CH3]. The lowest BCUT2D eigenvalue weighted by molar-refractivity contribution is -0.145. The minimum absolute atomic E-state index is 0. The largest absolute Gasteiger partial charge is 0.466 e. The highest BCUT2D eigenvalue weighted by atomic mass is 35.5. The van der Waals surface area contributed by atoms with Gasteiger partial charge < -0.3 is 24.8 Å². The van der Waals surface area contributed by atoms with E-state index >= 15 is 0 Å². The van der Waals surface area contributed by atoms with Gasteiger partial charge in [0, 0.05) is 212 Å². The Hall–Kier alpha value is -10.5. The molecule has 11 nitrogen and oxygen atoms in total. The lowest BCUT2D eigenvalue weighted by Crippen LogP contribution is -2.48. The number of aromatic nitrogens is 3. The van der Waals surface area contributed by atoms with Crippen LogP contribution in [0.4, 0.5) is 5.69 Å². The molecule has 5 aliphatic rings. The molecule has 518 valence electrons. The summed E-state index contributed by atoms with van der Waals surface area (Å²) in [5.41, 5.74) is 10.8. The van der Waals surface area contributed by atoms with Gasteiger partial charge in [0.2, 0.25) is 5.91 Å². The fourth-order valence-corrected chi connectivity index (χ4v) is 8.71. The number of anilines is 1. The third-order valence-corrected chi connectivity index (χ3v) is 35.4. The van der Waals surface area contributed by atoms with Crippen molar-refractivity contribution in [3.63, 3.8) is 0 Å². The predicted molar refractivity (Wildman–Crippen MR) is 456 cm³/mol. The van der Waals surface area contributed by atoms with Gasteiger partial charge in [0.1, 0.15) is 6.08 Å². The van der Waals surface area contributed by atoms with Crippen molar-refractivity contribution >= 4 is 111 Å². The Labute approximate surface area is 656 Å². The number of amides is 1. The van der Waals surface area contributed by atoms with Crippen molar-refractivity contribution < 1.29 is 14.3 Å². The van der Waals surface area contributed by atoms with Crippen LogP contribution in [-0.2, 0) is 40.5 Å². The number of esters is 1. The first-order valence-corrected chi connectivity index (χ1v) is 45.5. The molecular formula is C86H70AlCl2N8O3P6+. The van der Waals surface area contributed by atoms with Gasteiger partial charge in [0.25, 0.3) is 14.1 Å². The van der Waals surface area contributed by atoms with Crippen LogP contribution in [0.2, 0.25) is 27.4 Å². The summed E-state index contributed by atoms with van der Waals surface area (Å²) in [5, 5.41) is 4.80. The second-order valence-electron chi connectivity index (χ2n) is 21.6. The summed E-state index contributed by atoms with van der Waals surface area (Å²) in [6.45, 7) is 17.2. The quantitative estimate of drug-likeness (QED) is 0.0774. The van der Waals surface area contributed by atoms with Crippen molar-refractivity contribution in [1.29, 1.82) is 0 Å². The van der Waals surface area contributed by atoms with Crippen LogP contribution in [-0.4, -0.2) is 89.8 Å². The summed E-state index contributed by atoms with van der Waals surface area (Å²) in [6, 6.07) is 4.00. The van der Waals surface area contributed by atoms with Gasteiger partial charge in [-0.3, -0.25) is 24.5 Å². The van der Waals surface area contributed by atoms with E-state index in [2.05, 4.69) is 344 Å². The lowest BCUT2D eigenvalue weighted by atomic mass is 9.95. The molecule has 0 radical (unpaired) electrons. The van der Waals surface area contributed by atoms with E-state index in [-0.39, 0.29) is 47.4 Å². The monoisotopic (exact) mass is 1550 g/mol. The first-order chi connectivity index (χ1) is 50.8. The first-order valence-electron chi connectivity index (χ1n) is 31.5. The molecule has 3 aromatic heterocycles. The summed E-state index contributed by atoms with van der Waals surface area (Å²) < 4.78 is 4.91. The van der Waals surface area contributed by atoms with Crippen LogP contribution >= 0.6 is 72.9 Å². The number of aryl methyl sites for hydroxylation is 2. The summed E-state index contributed by atoms with van der Waals surface area (Å²) in [4.78, 5) is 47.4. The van der Waals surface area contributed by atoms with Crippen LogP contribution in [0.1, 0.15) is 72.2 Å². The Balaban J connectivity index is 0.000000497. The number of hydrogen-bond acceptors (Lipinski definition) is 10. The molecule has 1 amide bonds. The zero-order valence-corrected chi connectivity index (χ0v) is 68.1. The number of pyridine rings is 3. The fraction of sp³-hybridized carbons (Fsp3) is 0.256. The molecule has 5 aliphatic heterocycles. The maximum Gasteiger partial charge on any atom is 0.306 e. The number of allylic oxidation sites excluding steroid dienone is 2. The fourth-order valence-electron chi connectivity index (χ4n) is 8.40. The Morgan fingerprint density at radius 3 is 1.31 bits per heavy atom. The number of carbonyl (C=O) groups is 2. The van der Waals surface area contributed by atoms with Crippen molar-refractivity contribution in [2.45, 2.75) is 98.4 Å². The number of rotatable bonds is 8. The normalized spacial score (nSPS) is 10.9. The lowest BCUT2D eigenvalue weighted by Gasteiger charge is -2.41. The van der Waals surface area contributed by atoms with Gasteiger partial charge >= 0.3 is 5.97 Å². The van der Waals surface area contributed by atoms with E-state index in [1.807, 2.05) is 50.9 Å². The standard InChI is InChI=1S/C42H2.C19H21ClN4O.C12H15N2O2.C9H11ClN2.CH4.3CH3.Al.H8P6/c1-3-5-7-9-11-13-15-17-19-21-23-25-27-29-31-33-35-37-39-41-42-40-38-36-34-32-30-28-26-24-22-20-18-16-14-12-10-8-6-4-2;1-12-16-10-24(11-17(16)22-13(2)19(12)20)18(25)6-14-8-23(9-14)15-4-3-5-21-7-15;1-2-16-12(15)6-10-8-14(9-10)11-4-3-5-13-7-11;1-5-7-3-11-4-8(7)12-6(2)9(5)10;;;;;;1-5(2)6(3)4/h1-2H;3-5,7,14H,6,8-11H2,1-2H3;3-4,7,10H,2,6,8-9H2,1H3;11H,3-4H2,1-2H3;1H4;3*1H3;;1-4H2/q;;+1;;;;;;;. The van der Waals surface area contributed by atoms with Gasteiger partial charge in [0.15, 0.2) is 18.1 Å². The van der Waals surface area contributed by atoms with E-state index < -0.39 is 0 Å². The van der Waals surface area contributed by atoms with Gasteiger partial charge in [0.05, 0.1) is 70.4 Å². The first kappa shape index (κ1) is 91.5. The van der Waals surface area contributed by atoms with Gasteiger partial charge in [-0.25, -0.2) is 0 Å². The van der Waals surface area contributed by atoms with Crippen molar-refractivity contribution in [1.82, 2.24) is 30.1 Å². The predicted octanol–water partition coefficient (Wildman–Crippen LogP) is 11.7. The molecule has 1 N–H and O–H groups in total. The van der Waals surface area contributed by atoms with E-state index in [1.54, 1.807) is 18.5 Å². The van der Waals surface area contributed by atoms with Gasteiger partial charge in [-0.2, -0.15) is 0 Å². The van der Waals surface area contributed by atoms with E-state index in [4.69, 9.17) is 40.8 Å². The number of carbonyl (C=O) groups excluding carboxylic acids is 2. The molecule has 2 saturated heterocycles. The molecule has 0 aliphatic carbocycles. The van der Waals surface area contributed by atoms with Crippen LogP contribution in [0.3, 0.4) is 0 Å². The molecule has 0 saturated carbocycles. The Morgan fingerprint density at radius 1 is 0.575 bits per heavy atom. The molecule has 20 heteroatoms. The minimum Gasteiger partial charge on any atom is -0.466 e. The maximum absolute atomic E-state index is 12.7. The molecule has 2 fully saturated rings. The Morgan fingerprint density at radius 2 is 0.953 bits per heavy atom. The number of hydrogen-bond donors (Lipinski definition) is 1. The van der Waals surface area contributed by atoms with Crippen LogP contribution in [0.5, 0.6) is 0 Å². The number of fused-ring (bicyclic) bond motifs is 2. The van der Waals surface area contributed by atoms with E-state index in [9.17, 15) is 9.59 Å². The summed E-state index contributed by atoms with van der Waals surface area (Å²) in [5.74, 6) is 106. The second-order valence-corrected chi connectivity index (χ2v) is 45.6. The van der Waals surface area contributed by atoms with E-state index in [0.29, 0.717) is 44.4 Å². The third kappa shape index (κ3) is 39.9.